The monoisotopic (exact) mass is 182 g/mol. The van der Waals surface area contributed by atoms with Crippen molar-refractivity contribution in [2.75, 3.05) is 0 Å². The zero-order chi connectivity index (χ0) is 7.15. The molecule has 10 heavy (non-hydrogen) atoms. The van der Waals surface area contributed by atoms with Crippen LogP contribution >= 0.6 is 0 Å². The Kier molecular flexibility index (Phi) is 35.9. The van der Waals surface area contributed by atoms with E-state index in [1.54, 1.807) is 0 Å². The SMILES string of the molecule is O.O=[N+]([O-])[O-].O=[N+]([O-])[O-].[Ca+2]. The van der Waals surface area contributed by atoms with Gasteiger partial charge in [-0.15, -0.1) is 0 Å². The van der Waals surface area contributed by atoms with Gasteiger partial charge in [-0.25, -0.2) is 0 Å². The first-order valence-corrected chi connectivity index (χ1v) is 1.10. The Morgan fingerprint density at radius 2 is 0.800 bits per heavy atom. The molecule has 0 rings (SSSR count). The molecular weight excluding hydrogens is 180 g/mol. The van der Waals surface area contributed by atoms with Gasteiger partial charge in [0.25, 0.3) is 0 Å². The second-order valence-corrected chi connectivity index (χ2v) is 0.447. The summed E-state index contributed by atoms with van der Waals surface area (Å²) in [5.41, 5.74) is 0. The molecule has 0 fully saturated rings. The Bertz CT molecular complexity index is 69.6. The minimum Gasteiger partial charge on any atom is -0.412 e. The van der Waals surface area contributed by atoms with Crippen molar-refractivity contribution in [3.63, 3.8) is 0 Å². The summed E-state index contributed by atoms with van der Waals surface area (Å²) in [7, 11) is 0. The Morgan fingerprint density at radius 3 is 0.800 bits per heavy atom. The average molecular weight is 182 g/mol. The third-order valence-electron chi connectivity index (χ3n) is 0. The van der Waals surface area contributed by atoms with Crippen LogP contribution in [0.1, 0.15) is 0 Å². The largest absolute Gasteiger partial charge is 2.00 e. The summed E-state index contributed by atoms with van der Waals surface area (Å²) in [6.07, 6.45) is 0. The van der Waals surface area contributed by atoms with Gasteiger partial charge in [0.1, 0.15) is 0 Å². The zero-order valence-corrected chi connectivity index (χ0v) is 6.76. The molecule has 0 aliphatic heterocycles. The van der Waals surface area contributed by atoms with Crippen LogP contribution in [0.15, 0.2) is 0 Å². The van der Waals surface area contributed by atoms with E-state index in [2.05, 4.69) is 0 Å². The fraction of sp³-hybridized carbons (Fsp3) is 0. The van der Waals surface area contributed by atoms with Gasteiger partial charge in [0, 0.05) is 0 Å². The second kappa shape index (κ2) is 15.8. The Balaban J connectivity index is -0.0000000300. The van der Waals surface area contributed by atoms with E-state index < -0.39 is 10.2 Å². The van der Waals surface area contributed by atoms with E-state index in [1.807, 2.05) is 0 Å². The first-order valence-electron chi connectivity index (χ1n) is 1.10. The van der Waals surface area contributed by atoms with Gasteiger partial charge in [0.15, 0.2) is 0 Å². The molecule has 56 valence electrons. The summed E-state index contributed by atoms with van der Waals surface area (Å²) in [5.74, 6) is 0. The summed E-state index contributed by atoms with van der Waals surface area (Å²) in [4.78, 5) is 16.5. The van der Waals surface area contributed by atoms with E-state index in [-0.39, 0.29) is 43.2 Å². The van der Waals surface area contributed by atoms with Crippen molar-refractivity contribution < 1.29 is 15.6 Å². The molecule has 0 amide bonds. The predicted octanol–water partition coefficient (Wildman–Crippen LogP) is -1.68. The van der Waals surface area contributed by atoms with Crippen LogP contribution in [-0.2, 0) is 0 Å². The molecular formula is H2CaN2O7. The molecule has 0 spiro atoms. The Labute approximate surface area is 83.8 Å². The fourth-order valence-electron chi connectivity index (χ4n) is 0. The van der Waals surface area contributed by atoms with E-state index in [4.69, 9.17) is 30.6 Å². The van der Waals surface area contributed by atoms with Gasteiger partial charge in [-0.3, -0.25) is 0 Å². The normalized spacial score (nSPS) is 4.80. The fourth-order valence-corrected chi connectivity index (χ4v) is 0. The predicted molar refractivity (Wildman–Crippen MR) is 30.1 cm³/mol. The van der Waals surface area contributed by atoms with Crippen LogP contribution in [0.5, 0.6) is 0 Å². The van der Waals surface area contributed by atoms with Crippen molar-refractivity contribution in [3.05, 3.63) is 30.6 Å². The van der Waals surface area contributed by atoms with Crippen molar-refractivity contribution >= 4 is 37.7 Å². The van der Waals surface area contributed by atoms with Gasteiger partial charge in [-0.05, 0) is 0 Å². The van der Waals surface area contributed by atoms with E-state index in [0.717, 1.165) is 0 Å². The maximum absolute atomic E-state index is 8.25. The van der Waals surface area contributed by atoms with Crippen molar-refractivity contribution in [1.82, 2.24) is 0 Å². The van der Waals surface area contributed by atoms with Crippen LogP contribution in [-0.4, -0.2) is 53.4 Å². The van der Waals surface area contributed by atoms with Gasteiger partial charge >= 0.3 is 37.7 Å². The summed E-state index contributed by atoms with van der Waals surface area (Å²) >= 11 is 0. The zero-order valence-electron chi connectivity index (χ0n) is 4.55. The van der Waals surface area contributed by atoms with Crippen molar-refractivity contribution in [3.8, 4) is 0 Å². The molecule has 9 nitrogen and oxygen atoms in total. The van der Waals surface area contributed by atoms with E-state index >= 15 is 0 Å². The van der Waals surface area contributed by atoms with E-state index in [9.17, 15) is 0 Å². The van der Waals surface area contributed by atoms with Crippen LogP contribution in [0, 0.1) is 30.6 Å². The van der Waals surface area contributed by atoms with Crippen LogP contribution < -0.4 is 0 Å². The number of hydrogen-bond donors (Lipinski definition) is 0. The maximum Gasteiger partial charge on any atom is 2.00 e. The average Bonchev–Trinajstić information content (AvgIpc) is 1.25. The molecule has 0 unspecified atom stereocenters. The molecule has 10 heteroatoms. The van der Waals surface area contributed by atoms with Crippen LogP contribution in [0.3, 0.4) is 0 Å². The molecule has 0 heterocycles. The molecule has 0 aromatic heterocycles. The molecule has 0 saturated carbocycles. The topological polar surface area (TPSA) is 164 Å². The quantitative estimate of drug-likeness (QED) is 0.246. The number of hydrogen-bond acceptors (Lipinski definition) is 6. The molecule has 0 atom stereocenters. The molecule has 0 aliphatic rings. The molecule has 0 bridgehead atoms. The summed E-state index contributed by atoms with van der Waals surface area (Å²) in [6, 6.07) is 0. The molecule has 0 radical (unpaired) electrons. The van der Waals surface area contributed by atoms with Gasteiger partial charge in [0.05, 0.1) is 10.2 Å². The third-order valence-corrected chi connectivity index (χ3v) is 0. The third kappa shape index (κ3) is 2310. The van der Waals surface area contributed by atoms with Crippen LogP contribution in [0.2, 0.25) is 0 Å². The molecule has 0 aromatic carbocycles. The van der Waals surface area contributed by atoms with Crippen LogP contribution in [0.4, 0.5) is 0 Å². The number of rotatable bonds is 0. The first-order chi connectivity index (χ1) is 3.46. The van der Waals surface area contributed by atoms with Gasteiger partial charge in [-0.2, -0.15) is 0 Å². The summed E-state index contributed by atoms with van der Waals surface area (Å²) in [6.45, 7) is 0. The standard InChI is InChI=1S/Ca.2NO3.H2O/c;2*2-1(3)4;/h;;;1H2/q+2;2*-1;. The van der Waals surface area contributed by atoms with Crippen molar-refractivity contribution in [1.29, 1.82) is 0 Å². The second-order valence-electron chi connectivity index (χ2n) is 0.447. The number of nitrogens with zero attached hydrogens (tertiary/aromatic N) is 2. The van der Waals surface area contributed by atoms with Crippen molar-refractivity contribution in [2.24, 2.45) is 0 Å². The minimum atomic E-state index is -1.75. The first kappa shape index (κ1) is 22.6. The molecule has 2 N–H and O–H groups in total. The van der Waals surface area contributed by atoms with Gasteiger partial charge < -0.3 is 36.1 Å². The van der Waals surface area contributed by atoms with Crippen LogP contribution in [0.25, 0.3) is 0 Å². The molecule has 0 aliphatic carbocycles. The Morgan fingerprint density at radius 1 is 0.800 bits per heavy atom. The molecule has 0 aromatic rings. The Hall–Kier alpha value is -0.380. The van der Waals surface area contributed by atoms with E-state index in [1.165, 1.54) is 0 Å². The minimum absolute atomic E-state index is 0. The van der Waals surface area contributed by atoms with E-state index in [0.29, 0.717) is 0 Å². The smallest absolute Gasteiger partial charge is 0.412 e. The maximum atomic E-state index is 8.25. The summed E-state index contributed by atoms with van der Waals surface area (Å²) < 4.78 is 0. The van der Waals surface area contributed by atoms with Gasteiger partial charge in [-0.1, -0.05) is 0 Å². The summed E-state index contributed by atoms with van der Waals surface area (Å²) in [5, 5.41) is 29.5. The van der Waals surface area contributed by atoms with Gasteiger partial charge in [0.2, 0.25) is 0 Å². The molecule has 0 saturated heterocycles. The van der Waals surface area contributed by atoms with Crippen molar-refractivity contribution in [2.45, 2.75) is 0 Å².